The maximum absolute atomic E-state index is 13.2. The van der Waals surface area contributed by atoms with Gasteiger partial charge >= 0.3 is 0 Å². The smallest absolute Gasteiger partial charge is 0.251 e. The number of benzene rings is 1. The lowest BCUT2D eigenvalue weighted by atomic mass is 10.1. The lowest BCUT2D eigenvalue weighted by Gasteiger charge is -2.07. The number of aliphatic hydroxyl groups excluding tert-OH is 1. The number of amides is 1. The van der Waals surface area contributed by atoms with Gasteiger partial charge in [0, 0.05) is 12.1 Å². The first-order chi connectivity index (χ1) is 8.00. The molecule has 1 amide bonds. The minimum atomic E-state index is -0.373. The predicted octanol–water partition coefficient (Wildman–Crippen LogP) is 2.02. The van der Waals surface area contributed by atoms with Gasteiger partial charge in [-0.1, -0.05) is 6.07 Å². The zero-order valence-corrected chi connectivity index (χ0v) is 10.2. The molecular formula is C13H18FNO2. The number of aryl methyl sites for hydroxylation is 1. The number of hydrogen-bond acceptors (Lipinski definition) is 2. The molecular weight excluding hydrogens is 221 g/mol. The van der Waals surface area contributed by atoms with Crippen molar-refractivity contribution in [1.82, 2.24) is 5.32 Å². The first-order valence-corrected chi connectivity index (χ1v) is 5.73. The molecule has 17 heavy (non-hydrogen) atoms. The van der Waals surface area contributed by atoms with Gasteiger partial charge < -0.3 is 10.4 Å². The molecule has 0 radical (unpaired) electrons. The van der Waals surface area contributed by atoms with Crippen LogP contribution in [0, 0.1) is 12.7 Å². The van der Waals surface area contributed by atoms with E-state index in [0.717, 1.165) is 0 Å². The summed E-state index contributed by atoms with van der Waals surface area (Å²) in [6.07, 6.45) is 0.990. The molecule has 0 heterocycles. The lowest BCUT2D eigenvalue weighted by Crippen LogP contribution is -2.25. The molecule has 0 bridgehead atoms. The normalized spacial score (nSPS) is 12.2. The van der Waals surface area contributed by atoms with Crippen molar-refractivity contribution in [1.29, 1.82) is 0 Å². The van der Waals surface area contributed by atoms with Crippen LogP contribution < -0.4 is 5.32 Å². The fraction of sp³-hybridized carbons (Fsp3) is 0.462. The van der Waals surface area contributed by atoms with E-state index in [4.69, 9.17) is 5.11 Å². The number of rotatable bonds is 5. The molecule has 3 nitrogen and oxygen atoms in total. The molecule has 94 valence electrons. The number of halogens is 1. The molecule has 2 N–H and O–H groups in total. The molecule has 0 aliphatic carbocycles. The van der Waals surface area contributed by atoms with E-state index in [1.165, 1.54) is 6.07 Å². The SMILES string of the molecule is Cc1ccc(C(=O)NCCCC(C)O)cc1F. The highest BCUT2D eigenvalue weighted by Gasteiger charge is 2.07. The molecule has 1 rings (SSSR count). The lowest BCUT2D eigenvalue weighted by molar-refractivity contribution is 0.0949. The molecule has 0 spiro atoms. The third-order valence-electron chi connectivity index (χ3n) is 2.52. The van der Waals surface area contributed by atoms with Crippen LogP contribution in [0.1, 0.15) is 35.7 Å². The summed E-state index contributed by atoms with van der Waals surface area (Å²) in [5, 5.41) is 11.7. The highest BCUT2D eigenvalue weighted by atomic mass is 19.1. The first kappa shape index (κ1) is 13.6. The summed E-state index contributed by atoms with van der Waals surface area (Å²) in [7, 11) is 0. The largest absolute Gasteiger partial charge is 0.393 e. The molecule has 1 aromatic rings. The molecule has 0 saturated heterocycles. The quantitative estimate of drug-likeness (QED) is 0.772. The van der Waals surface area contributed by atoms with Gasteiger partial charge in [-0.15, -0.1) is 0 Å². The number of nitrogens with one attached hydrogen (secondary N) is 1. The van der Waals surface area contributed by atoms with Gasteiger partial charge in [0.25, 0.3) is 5.91 Å². The van der Waals surface area contributed by atoms with Crippen LogP contribution in [0.15, 0.2) is 18.2 Å². The summed E-state index contributed by atoms with van der Waals surface area (Å²) in [4.78, 5) is 11.6. The van der Waals surface area contributed by atoms with Crippen LogP contribution in [-0.2, 0) is 0 Å². The number of carbonyl (C=O) groups is 1. The fourth-order valence-electron chi connectivity index (χ4n) is 1.44. The number of aliphatic hydroxyl groups is 1. The van der Waals surface area contributed by atoms with Crippen molar-refractivity contribution in [3.63, 3.8) is 0 Å². The molecule has 0 aromatic heterocycles. The maximum atomic E-state index is 13.2. The van der Waals surface area contributed by atoms with E-state index >= 15 is 0 Å². The van der Waals surface area contributed by atoms with Crippen molar-refractivity contribution in [2.24, 2.45) is 0 Å². The topological polar surface area (TPSA) is 49.3 Å². The van der Waals surface area contributed by atoms with E-state index in [2.05, 4.69) is 5.32 Å². The van der Waals surface area contributed by atoms with Crippen LogP contribution >= 0.6 is 0 Å². The molecule has 0 fully saturated rings. The van der Waals surface area contributed by atoms with Crippen molar-refractivity contribution < 1.29 is 14.3 Å². The Kier molecular flexibility index (Phi) is 5.10. The Balaban J connectivity index is 2.44. The predicted molar refractivity (Wildman–Crippen MR) is 64.4 cm³/mol. The molecule has 0 saturated carbocycles. The van der Waals surface area contributed by atoms with Crippen molar-refractivity contribution in [3.8, 4) is 0 Å². The first-order valence-electron chi connectivity index (χ1n) is 5.73. The van der Waals surface area contributed by atoms with E-state index in [-0.39, 0.29) is 17.8 Å². The second kappa shape index (κ2) is 6.35. The molecule has 0 aliphatic heterocycles. The minimum Gasteiger partial charge on any atom is -0.393 e. The summed E-state index contributed by atoms with van der Waals surface area (Å²) in [5.74, 6) is -0.656. The Hall–Kier alpha value is -1.42. The van der Waals surface area contributed by atoms with E-state index < -0.39 is 0 Å². The second-order valence-corrected chi connectivity index (χ2v) is 4.21. The average Bonchev–Trinajstić information content (AvgIpc) is 2.27. The van der Waals surface area contributed by atoms with Gasteiger partial charge in [-0.2, -0.15) is 0 Å². The van der Waals surface area contributed by atoms with Crippen LogP contribution in [0.2, 0.25) is 0 Å². The van der Waals surface area contributed by atoms with Gasteiger partial charge in [0.15, 0.2) is 0 Å². The number of hydrogen-bond donors (Lipinski definition) is 2. The Morgan fingerprint density at radius 1 is 1.53 bits per heavy atom. The standard InChI is InChI=1S/C13H18FNO2/c1-9-5-6-11(8-12(9)14)13(17)15-7-3-4-10(2)16/h5-6,8,10,16H,3-4,7H2,1-2H3,(H,15,17). The van der Waals surface area contributed by atoms with Gasteiger partial charge in [-0.05, 0) is 44.4 Å². The zero-order valence-electron chi connectivity index (χ0n) is 10.2. The van der Waals surface area contributed by atoms with Gasteiger partial charge in [0.2, 0.25) is 0 Å². The summed E-state index contributed by atoms with van der Waals surface area (Å²) >= 11 is 0. The minimum absolute atomic E-state index is 0.283. The molecule has 0 aliphatic rings. The van der Waals surface area contributed by atoms with E-state index in [1.807, 2.05) is 0 Å². The Morgan fingerprint density at radius 2 is 2.24 bits per heavy atom. The maximum Gasteiger partial charge on any atom is 0.251 e. The highest BCUT2D eigenvalue weighted by molar-refractivity contribution is 5.94. The monoisotopic (exact) mass is 239 g/mol. The van der Waals surface area contributed by atoms with Crippen molar-refractivity contribution in [2.45, 2.75) is 32.8 Å². The van der Waals surface area contributed by atoms with Gasteiger partial charge in [-0.3, -0.25) is 4.79 Å². The molecule has 1 atom stereocenters. The Labute approximate surface area is 101 Å². The van der Waals surface area contributed by atoms with Crippen LogP contribution in [-0.4, -0.2) is 23.7 Å². The van der Waals surface area contributed by atoms with E-state index in [1.54, 1.807) is 26.0 Å². The average molecular weight is 239 g/mol. The molecule has 1 unspecified atom stereocenters. The van der Waals surface area contributed by atoms with Crippen molar-refractivity contribution >= 4 is 5.91 Å². The van der Waals surface area contributed by atoms with Gasteiger partial charge in [-0.25, -0.2) is 4.39 Å². The van der Waals surface area contributed by atoms with E-state index in [0.29, 0.717) is 30.5 Å². The summed E-state index contributed by atoms with van der Waals surface area (Å²) in [6.45, 7) is 3.84. The molecule has 4 heteroatoms. The Bertz CT molecular complexity index is 391. The van der Waals surface area contributed by atoms with Gasteiger partial charge in [0.05, 0.1) is 6.10 Å². The van der Waals surface area contributed by atoms with Crippen molar-refractivity contribution in [2.75, 3.05) is 6.54 Å². The molecule has 1 aromatic carbocycles. The van der Waals surface area contributed by atoms with Crippen LogP contribution in [0.5, 0.6) is 0 Å². The van der Waals surface area contributed by atoms with Gasteiger partial charge in [0.1, 0.15) is 5.82 Å². The van der Waals surface area contributed by atoms with Crippen LogP contribution in [0.25, 0.3) is 0 Å². The van der Waals surface area contributed by atoms with Crippen molar-refractivity contribution in [3.05, 3.63) is 35.1 Å². The number of carbonyl (C=O) groups excluding carboxylic acids is 1. The third kappa shape index (κ3) is 4.53. The summed E-state index contributed by atoms with van der Waals surface area (Å²) in [6, 6.07) is 4.42. The van der Waals surface area contributed by atoms with Crippen LogP contribution in [0.3, 0.4) is 0 Å². The zero-order chi connectivity index (χ0) is 12.8. The third-order valence-corrected chi connectivity index (χ3v) is 2.52. The van der Waals surface area contributed by atoms with E-state index in [9.17, 15) is 9.18 Å². The second-order valence-electron chi connectivity index (χ2n) is 4.21. The summed E-state index contributed by atoms with van der Waals surface area (Å²) in [5.41, 5.74) is 0.848. The fourth-order valence-corrected chi connectivity index (χ4v) is 1.44. The van der Waals surface area contributed by atoms with Crippen LogP contribution in [0.4, 0.5) is 4.39 Å². The Morgan fingerprint density at radius 3 is 2.82 bits per heavy atom. The highest BCUT2D eigenvalue weighted by Crippen LogP contribution is 2.09. The summed E-state index contributed by atoms with van der Waals surface area (Å²) < 4.78 is 13.2.